The lowest BCUT2D eigenvalue weighted by Crippen LogP contribution is -2.44. The maximum atomic E-state index is 11.8. The smallest absolute Gasteiger partial charge is 0.356 e. The molecular formula is C14H23N3O3. The summed E-state index contributed by atoms with van der Waals surface area (Å²) in [5.74, 6) is 0.242. The van der Waals surface area contributed by atoms with E-state index in [4.69, 9.17) is 15.2 Å². The number of H-pyrrole nitrogens is 1. The van der Waals surface area contributed by atoms with E-state index in [-0.39, 0.29) is 12.2 Å². The van der Waals surface area contributed by atoms with Gasteiger partial charge in [0.1, 0.15) is 18.1 Å². The maximum Gasteiger partial charge on any atom is 0.356 e. The molecule has 0 aromatic carbocycles. The number of carbonyl (C=O) groups is 1. The lowest BCUT2D eigenvalue weighted by molar-refractivity contribution is -0.0283. The van der Waals surface area contributed by atoms with Crippen LogP contribution < -0.4 is 5.73 Å². The Labute approximate surface area is 119 Å². The van der Waals surface area contributed by atoms with E-state index in [1.165, 1.54) is 6.20 Å². The predicted molar refractivity (Wildman–Crippen MR) is 74.3 cm³/mol. The molecule has 1 aliphatic carbocycles. The summed E-state index contributed by atoms with van der Waals surface area (Å²) in [6.45, 7) is 6.45. The standard InChI is InChI=1S/C14H23N3O3/c1-13(2,3)20-8-7-19-11(18)10-9-16-12(17-10)14(15)5-4-6-14/h9H,4-8,15H2,1-3H3,(H,16,17). The Morgan fingerprint density at radius 3 is 2.70 bits per heavy atom. The van der Waals surface area contributed by atoms with Crippen LogP contribution in [0.1, 0.15) is 56.3 Å². The highest BCUT2D eigenvalue weighted by Gasteiger charge is 2.37. The first-order valence-corrected chi connectivity index (χ1v) is 6.96. The van der Waals surface area contributed by atoms with Gasteiger partial charge in [0.25, 0.3) is 0 Å². The summed E-state index contributed by atoms with van der Waals surface area (Å²) < 4.78 is 10.6. The predicted octanol–water partition coefficient (Wildman–Crippen LogP) is 1.72. The van der Waals surface area contributed by atoms with E-state index in [2.05, 4.69) is 9.97 Å². The van der Waals surface area contributed by atoms with Gasteiger partial charge in [-0.2, -0.15) is 0 Å². The number of imidazole rings is 1. The van der Waals surface area contributed by atoms with Crippen molar-refractivity contribution in [1.82, 2.24) is 9.97 Å². The number of esters is 1. The molecule has 20 heavy (non-hydrogen) atoms. The molecule has 0 aliphatic heterocycles. The number of nitrogens with zero attached hydrogens (tertiary/aromatic N) is 1. The summed E-state index contributed by atoms with van der Waals surface area (Å²) in [6.07, 6.45) is 4.37. The summed E-state index contributed by atoms with van der Waals surface area (Å²) in [5, 5.41) is 0. The van der Waals surface area contributed by atoms with Gasteiger partial charge in [0.2, 0.25) is 0 Å². The third-order valence-electron chi connectivity index (χ3n) is 3.36. The van der Waals surface area contributed by atoms with Gasteiger partial charge in [0, 0.05) is 0 Å². The van der Waals surface area contributed by atoms with Crippen molar-refractivity contribution in [2.24, 2.45) is 5.73 Å². The molecule has 0 atom stereocenters. The van der Waals surface area contributed by atoms with Crippen molar-refractivity contribution in [3.05, 3.63) is 17.7 Å². The van der Waals surface area contributed by atoms with Gasteiger partial charge in [0.15, 0.2) is 0 Å². The van der Waals surface area contributed by atoms with Gasteiger partial charge in [-0.1, -0.05) is 0 Å². The number of nitrogens with one attached hydrogen (secondary N) is 1. The van der Waals surface area contributed by atoms with E-state index in [0.717, 1.165) is 19.3 Å². The van der Waals surface area contributed by atoms with Gasteiger partial charge in [-0.3, -0.25) is 0 Å². The maximum absolute atomic E-state index is 11.8. The van der Waals surface area contributed by atoms with E-state index in [1.807, 2.05) is 20.8 Å². The fourth-order valence-corrected chi connectivity index (χ4v) is 2.03. The zero-order valence-electron chi connectivity index (χ0n) is 12.4. The lowest BCUT2D eigenvalue weighted by Gasteiger charge is -2.35. The van der Waals surface area contributed by atoms with Crippen molar-refractivity contribution < 1.29 is 14.3 Å². The molecule has 0 saturated heterocycles. The van der Waals surface area contributed by atoms with E-state index < -0.39 is 11.5 Å². The minimum atomic E-state index is -0.427. The molecule has 2 rings (SSSR count). The van der Waals surface area contributed by atoms with Crippen molar-refractivity contribution in [2.45, 2.75) is 51.2 Å². The topological polar surface area (TPSA) is 90.2 Å². The molecule has 0 spiro atoms. The summed E-state index contributed by atoms with van der Waals surface area (Å²) in [6, 6.07) is 0. The summed E-state index contributed by atoms with van der Waals surface area (Å²) in [5.41, 5.74) is 5.85. The van der Waals surface area contributed by atoms with Gasteiger partial charge in [-0.05, 0) is 40.0 Å². The van der Waals surface area contributed by atoms with Crippen molar-refractivity contribution in [2.75, 3.05) is 13.2 Å². The summed E-state index contributed by atoms with van der Waals surface area (Å²) in [7, 11) is 0. The Bertz CT molecular complexity index is 472. The first-order chi connectivity index (χ1) is 9.30. The van der Waals surface area contributed by atoms with E-state index in [1.54, 1.807) is 0 Å². The average molecular weight is 281 g/mol. The van der Waals surface area contributed by atoms with Crippen LogP contribution in [-0.2, 0) is 15.0 Å². The zero-order valence-corrected chi connectivity index (χ0v) is 12.4. The third kappa shape index (κ3) is 3.58. The second kappa shape index (κ2) is 5.54. The highest BCUT2D eigenvalue weighted by Crippen LogP contribution is 2.36. The van der Waals surface area contributed by atoms with E-state index >= 15 is 0 Å². The molecule has 112 valence electrons. The van der Waals surface area contributed by atoms with Crippen LogP contribution in [0, 0.1) is 0 Å². The number of carbonyl (C=O) groups excluding carboxylic acids is 1. The molecule has 1 aliphatic rings. The van der Waals surface area contributed by atoms with Crippen LogP contribution in [0.5, 0.6) is 0 Å². The molecule has 0 unspecified atom stereocenters. The normalized spacial score (nSPS) is 17.6. The molecule has 6 heteroatoms. The number of ether oxygens (including phenoxy) is 2. The third-order valence-corrected chi connectivity index (χ3v) is 3.36. The molecule has 0 radical (unpaired) electrons. The quantitative estimate of drug-likeness (QED) is 0.633. The van der Waals surface area contributed by atoms with Crippen LogP contribution >= 0.6 is 0 Å². The largest absolute Gasteiger partial charge is 0.459 e. The van der Waals surface area contributed by atoms with Crippen molar-refractivity contribution >= 4 is 5.97 Å². The molecule has 3 N–H and O–H groups in total. The summed E-state index contributed by atoms with van der Waals surface area (Å²) >= 11 is 0. The van der Waals surface area contributed by atoms with Crippen LogP contribution in [-0.4, -0.2) is 34.8 Å². The minimum Gasteiger partial charge on any atom is -0.459 e. The first-order valence-electron chi connectivity index (χ1n) is 6.96. The van der Waals surface area contributed by atoms with Gasteiger partial charge in [0.05, 0.1) is 23.9 Å². The number of aromatic amines is 1. The molecule has 0 amide bonds. The highest BCUT2D eigenvalue weighted by molar-refractivity contribution is 5.87. The van der Waals surface area contributed by atoms with Crippen LogP contribution in [0.25, 0.3) is 0 Å². The Hall–Kier alpha value is -1.40. The molecule has 1 heterocycles. The molecule has 0 bridgehead atoms. The van der Waals surface area contributed by atoms with Crippen molar-refractivity contribution in [3.8, 4) is 0 Å². The Morgan fingerprint density at radius 1 is 1.45 bits per heavy atom. The number of hydrogen-bond donors (Lipinski definition) is 2. The van der Waals surface area contributed by atoms with Gasteiger partial charge >= 0.3 is 5.97 Å². The monoisotopic (exact) mass is 281 g/mol. The Balaban J connectivity index is 1.81. The minimum absolute atomic E-state index is 0.220. The van der Waals surface area contributed by atoms with Gasteiger partial charge < -0.3 is 20.2 Å². The fraction of sp³-hybridized carbons (Fsp3) is 0.714. The second-order valence-corrected chi connectivity index (χ2v) is 6.25. The molecule has 6 nitrogen and oxygen atoms in total. The van der Waals surface area contributed by atoms with Gasteiger partial charge in [-0.15, -0.1) is 0 Å². The average Bonchev–Trinajstić information content (AvgIpc) is 2.80. The number of nitrogens with two attached hydrogens (primary N) is 1. The number of aromatic nitrogens is 2. The van der Waals surface area contributed by atoms with Crippen molar-refractivity contribution in [1.29, 1.82) is 0 Å². The van der Waals surface area contributed by atoms with E-state index in [9.17, 15) is 4.79 Å². The number of rotatable bonds is 5. The SMILES string of the molecule is CC(C)(C)OCCOC(=O)c1cnc(C2(N)CCC2)[nH]1. The van der Waals surface area contributed by atoms with Crippen LogP contribution in [0.3, 0.4) is 0 Å². The zero-order chi connectivity index (χ0) is 14.8. The molecular weight excluding hydrogens is 258 g/mol. The second-order valence-electron chi connectivity index (χ2n) is 6.25. The van der Waals surface area contributed by atoms with Crippen LogP contribution in [0.2, 0.25) is 0 Å². The highest BCUT2D eigenvalue weighted by atomic mass is 16.6. The molecule has 1 saturated carbocycles. The Morgan fingerprint density at radius 2 is 2.15 bits per heavy atom. The molecule has 1 fully saturated rings. The lowest BCUT2D eigenvalue weighted by atomic mass is 9.77. The van der Waals surface area contributed by atoms with Gasteiger partial charge in [-0.25, -0.2) is 9.78 Å². The summed E-state index contributed by atoms with van der Waals surface area (Å²) in [4.78, 5) is 19.0. The van der Waals surface area contributed by atoms with Crippen LogP contribution in [0.15, 0.2) is 6.20 Å². The fourth-order valence-electron chi connectivity index (χ4n) is 2.03. The van der Waals surface area contributed by atoms with Crippen molar-refractivity contribution in [3.63, 3.8) is 0 Å². The van der Waals surface area contributed by atoms with Crippen LogP contribution in [0.4, 0.5) is 0 Å². The first kappa shape index (κ1) is 15.0. The molecule has 1 aromatic rings. The molecule has 1 aromatic heterocycles. The van der Waals surface area contributed by atoms with E-state index in [0.29, 0.717) is 18.1 Å². The Kier molecular flexibility index (Phi) is 4.15. The number of hydrogen-bond acceptors (Lipinski definition) is 5.